The highest BCUT2D eigenvalue weighted by atomic mass is 16.4. The Labute approximate surface area is 221 Å². The van der Waals surface area contributed by atoms with Crippen molar-refractivity contribution in [2.75, 3.05) is 24.3 Å². The number of amides is 2. The number of nitrogens with zero attached hydrogens (tertiary/aromatic N) is 3. The summed E-state index contributed by atoms with van der Waals surface area (Å²) in [7, 11) is 0. The summed E-state index contributed by atoms with van der Waals surface area (Å²) in [5, 5.41) is 36.4. The predicted octanol–water partition coefficient (Wildman–Crippen LogP) is -0.880. The standard InChI is InChI=1S/C24H30N8O7/c1-2-24(11-33,12-34)32-17(35)8-7-16(22(38)39)29-20(36)13-3-5-14(6-4-13)26-9-15-10-27-19-18(28-15)21(37)31-23(25)30-19/h3-6,10,16,26,33-34H,2,7-9,11-12H2,1H3,(H,29,36)(H,32,35)(H,38,39)(H3,25,27,30,31,37)/t16-/m0/s1. The van der Waals surface area contributed by atoms with E-state index in [9.17, 15) is 34.5 Å². The molecule has 0 spiro atoms. The van der Waals surface area contributed by atoms with Gasteiger partial charge in [-0.2, -0.15) is 4.98 Å². The maximum absolute atomic E-state index is 12.6. The van der Waals surface area contributed by atoms with Gasteiger partial charge in [-0.05, 0) is 37.1 Å². The molecule has 0 saturated heterocycles. The lowest BCUT2D eigenvalue weighted by atomic mass is 9.98. The molecular weight excluding hydrogens is 512 g/mol. The Balaban J connectivity index is 1.56. The van der Waals surface area contributed by atoms with Crippen LogP contribution < -0.4 is 27.2 Å². The number of rotatable bonds is 13. The summed E-state index contributed by atoms with van der Waals surface area (Å²) in [5.41, 5.74) is 5.25. The maximum Gasteiger partial charge on any atom is 0.326 e. The third-order valence-corrected chi connectivity index (χ3v) is 6.06. The number of hydrogen-bond donors (Lipinski definition) is 8. The van der Waals surface area contributed by atoms with E-state index in [0.717, 1.165) is 0 Å². The van der Waals surface area contributed by atoms with Crippen molar-refractivity contribution >= 4 is 40.6 Å². The highest BCUT2D eigenvalue weighted by Gasteiger charge is 2.29. The van der Waals surface area contributed by atoms with Gasteiger partial charge in [0, 0.05) is 17.7 Å². The molecule has 39 heavy (non-hydrogen) atoms. The number of aliphatic hydroxyl groups excluding tert-OH is 2. The van der Waals surface area contributed by atoms with Crippen molar-refractivity contribution in [3.05, 3.63) is 52.1 Å². The number of H-pyrrole nitrogens is 1. The van der Waals surface area contributed by atoms with Gasteiger partial charge in [0.1, 0.15) is 6.04 Å². The van der Waals surface area contributed by atoms with Crippen LogP contribution in [0.4, 0.5) is 11.6 Å². The number of carboxylic acid groups (broad SMARTS) is 1. The Morgan fingerprint density at radius 1 is 1.13 bits per heavy atom. The van der Waals surface area contributed by atoms with Crippen LogP contribution in [0.5, 0.6) is 0 Å². The number of aromatic nitrogens is 4. The Bertz CT molecular complexity index is 1380. The average molecular weight is 543 g/mol. The maximum atomic E-state index is 12.6. The van der Waals surface area contributed by atoms with Crippen molar-refractivity contribution < 1.29 is 29.7 Å². The number of nitrogen functional groups attached to an aromatic ring is 1. The monoisotopic (exact) mass is 542 g/mol. The van der Waals surface area contributed by atoms with Gasteiger partial charge in [-0.15, -0.1) is 0 Å². The van der Waals surface area contributed by atoms with Crippen molar-refractivity contribution in [2.45, 2.75) is 44.3 Å². The number of aromatic amines is 1. The van der Waals surface area contributed by atoms with E-state index in [1.807, 2.05) is 0 Å². The highest BCUT2D eigenvalue weighted by molar-refractivity contribution is 5.97. The zero-order valence-corrected chi connectivity index (χ0v) is 21.1. The first-order valence-electron chi connectivity index (χ1n) is 12.0. The molecule has 0 bridgehead atoms. The van der Waals surface area contributed by atoms with E-state index in [2.05, 4.69) is 35.9 Å². The Morgan fingerprint density at radius 2 is 1.82 bits per heavy atom. The van der Waals surface area contributed by atoms with Crippen molar-refractivity contribution in [1.82, 2.24) is 30.6 Å². The third kappa shape index (κ3) is 7.45. The number of nitrogens with one attached hydrogen (secondary N) is 4. The van der Waals surface area contributed by atoms with Gasteiger partial charge < -0.3 is 37.0 Å². The van der Waals surface area contributed by atoms with Crippen molar-refractivity contribution in [3.63, 3.8) is 0 Å². The lowest BCUT2D eigenvalue weighted by Gasteiger charge is -2.29. The van der Waals surface area contributed by atoms with E-state index >= 15 is 0 Å². The second-order valence-corrected chi connectivity index (χ2v) is 8.82. The molecule has 2 amide bonds. The number of aliphatic hydroxyl groups is 2. The molecule has 0 radical (unpaired) electrons. The van der Waals surface area contributed by atoms with Gasteiger partial charge in [-0.25, -0.2) is 14.8 Å². The first kappa shape index (κ1) is 28.9. The second kappa shape index (κ2) is 12.7. The lowest BCUT2D eigenvalue weighted by molar-refractivity contribution is -0.139. The summed E-state index contributed by atoms with van der Waals surface area (Å²) in [6.45, 7) is 0.950. The Morgan fingerprint density at radius 3 is 2.44 bits per heavy atom. The van der Waals surface area contributed by atoms with Crippen LogP contribution in [0.3, 0.4) is 0 Å². The molecule has 0 aliphatic rings. The SMILES string of the molecule is CCC(CO)(CO)NC(=O)CC[C@H](NC(=O)c1ccc(NCc2cnc3nc(N)[nH]c(=O)c3n2)cc1)C(=O)O. The molecule has 0 aliphatic heterocycles. The molecule has 15 nitrogen and oxygen atoms in total. The van der Waals surface area contributed by atoms with Crippen LogP contribution >= 0.6 is 0 Å². The molecule has 3 rings (SSSR count). The number of hydrogen-bond acceptors (Lipinski definition) is 11. The van der Waals surface area contributed by atoms with Gasteiger partial charge in [-0.3, -0.25) is 19.4 Å². The Hall–Kier alpha value is -4.63. The van der Waals surface area contributed by atoms with Crippen LogP contribution in [0.25, 0.3) is 11.2 Å². The topological polar surface area (TPSA) is 246 Å². The number of carboxylic acids is 1. The lowest BCUT2D eigenvalue weighted by Crippen LogP contribution is -2.54. The minimum absolute atomic E-state index is 0.0486. The van der Waals surface area contributed by atoms with Crippen molar-refractivity contribution in [1.29, 1.82) is 0 Å². The molecule has 0 saturated carbocycles. The molecule has 208 valence electrons. The molecule has 2 heterocycles. The van der Waals surface area contributed by atoms with Crippen LogP contribution in [-0.4, -0.2) is 77.8 Å². The zero-order valence-electron chi connectivity index (χ0n) is 21.1. The summed E-state index contributed by atoms with van der Waals surface area (Å²) in [6, 6.07) is 4.86. The normalized spacial score (nSPS) is 12.1. The van der Waals surface area contributed by atoms with E-state index < -0.39 is 48.1 Å². The summed E-state index contributed by atoms with van der Waals surface area (Å²) in [5.74, 6) is -2.57. The molecular formula is C24H30N8O7. The van der Waals surface area contributed by atoms with E-state index in [1.165, 1.54) is 18.3 Å². The number of anilines is 2. The molecule has 1 aromatic carbocycles. The van der Waals surface area contributed by atoms with Crippen LogP contribution in [-0.2, 0) is 16.1 Å². The Kier molecular flexibility index (Phi) is 9.46. The zero-order chi connectivity index (χ0) is 28.6. The fraction of sp³-hybridized carbons (Fsp3) is 0.375. The van der Waals surface area contributed by atoms with Gasteiger partial charge in [0.25, 0.3) is 11.5 Å². The fourth-order valence-corrected chi connectivity index (χ4v) is 3.56. The number of benzene rings is 1. The molecule has 9 N–H and O–H groups in total. The molecule has 15 heteroatoms. The first-order chi connectivity index (χ1) is 18.6. The van der Waals surface area contributed by atoms with Gasteiger partial charge in [0.2, 0.25) is 11.9 Å². The fourth-order valence-electron chi connectivity index (χ4n) is 3.56. The van der Waals surface area contributed by atoms with E-state index in [4.69, 9.17) is 5.73 Å². The quantitative estimate of drug-likeness (QED) is 0.131. The first-order valence-corrected chi connectivity index (χ1v) is 12.0. The van der Waals surface area contributed by atoms with Crippen LogP contribution in [0, 0.1) is 0 Å². The third-order valence-electron chi connectivity index (χ3n) is 6.06. The molecule has 3 aromatic rings. The van der Waals surface area contributed by atoms with Crippen molar-refractivity contribution in [2.24, 2.45) is 0 Å². The number of carbonyl (C=O) groups is 3. The number of carbonyl (C=O) groups excluding carboxylic acids is 2. The van der Waals surface area contributed by atoms with Gasteiger partial charge in [-0.1, -0.05) is 6.92 Å². The molecule has 0 aliphatic carbocycles. The highest BCUT2D eigenvalue weighted by Crippen LogP contribution is 2.13. The van der Waals surface area contributed by atoms with Crippen LogP contribution in [0.15, 0.2) is 35.3 Å². The number of aliphatic carboxylic acids is 1. The summed E-state index contributed by atoms with van der Waals surface area (Å²) < 4.78 is 0. The minimum Gasteiger partial charge on any atom is -0.480 e. The molecule has 0 unspecified atom stereocenters. The largest absolute Gasteiger partial charge is 0.480 e. The average Bonchev–Trinajstić information content (AvgIpc) is 2.93. The summed E-state index contributed by atoms with van der Waals surface area (Å²) >= 11 is 0. The van der Waals surface area contributed by atoms with Crippen molar-refractivity contribution in [3.8, 4) is 0 Å². The van der Waals surface area contributed by atoms with Gasteiger partial charge >= 0.3 is 5.97 Å². The number of nitrogens with two attached hydrogens (primary N) is 1. The molecule has 2 aromatic heterocycles. The smallest absolute Gasteiger partial charge is 0.326 e. The number of fused-ring (bicyclic) bond motifs is 1. The summed E-state index contributed by atoms with van der Waals surface area (Å²) in [4.78, 5) is 63.1. The molecule has 0 fully saturated rings. The van der Waals surface area contributed by atoms with Crippen LogP contribution in [0.1, 0.15) is 42.2 Å². The molecule has 1 atom stereocenters. The minimum atomic E-state index is -1.33. The predicted molar refractivity (Wildman–Crippen MR) is 140 cm³/mol. The van der Waals surface area contributed by atoms with Gasteiger partial charge in [0.15, 0.2) is 11.2 Å². The summed E-state index contributed by atoms with van der Waals surface area (Å²) in [6.07, 6.45) is 1.29. The van der Waals surface area contributed by atoms with Gasteiger partial charge in [0.05, 0.1) is 37.2 Å². The van der Waals surface area contributed by atoms with E-state index in [0.29, 0.717) is 11.4 Å². The van der Waals surface area contributed by atoms with E-state index in [1.54, 1.807) is 19.1 Å². The second-order valence-electron chi connectivity index (χ2n) is 8.82. The van der Waals surface area contributed by atoms with Crippen LogP contribution in [0.2, 0.25) is 0 Å². The van der Waals surface area contributed by atoms with E-state index in [-0.39, 0.29) is 48.5 Å².